The summed E-state index contributed by atoms with van der Waals surface area (Å²) in [7, 11) is 0. The Morgan fingerprint density at radius 1 is 1.28 bits per heavy atom. The highest BCUT2D eigenvalue weighted by Crippen LogP contribution is 2.34. The summed E-state index contributed by atoms with van der Waals surface area (Å²) in [6.45, 7) is 0.800. The maximum Gasteiger partial charge on any atom is 0.573 e. The van der Waals surface area contributed by atoms with Gasteiger partial charge in [0.15, 0.2) is 0 Å². The average molecular weight is 261 g/mol. The van der Waals surface area contributed by atoms with E-state index >= 15 is 0 Å². The third-order valence-corrected chi connectivity index (χ3v) is 2.92. The maximum absolute atomic E-state index is 12.1. The highest BCUT2D eigenvalue weighted by Gasteiger charge is 2.31. The number of benzene rings is 1. The molecule has 0 radical (unpaired) electrons. The molecular formula is C12H14F3NO2. The van der Waals surface area contributed by atoms with Crippen molar-refractivity contribution in [2.24, 2.45) is 0 Å². The molecule has 0 unspecified atom stereocenters. The van der Waals surface area contributed by atoms with Gasteiger partial charge >= 0.3 is 6.36 Å². The minimum Gasteiger partial charge on any atom is -0.508 e. The topological polar surface area (TPSA) is 41.5 Å². The number of hydrogen-bond acceptors (Lipinski definition) is 3. The van der Waals surface area contributed by atoms with Crippen molar-refractivity contribution in [3.8, 4) is 11.5 Å². The molecule has 0 aliphatic carbocycles. The van der Waals surface area contributed by atoms with Crippen molar-refractivity contribution in [1.82, 2.24) is 5.32 Å². The number of phenolic OH excluding ortho intramolecular Hbond substituents is 1. The van der Waals surface area contributed by atoms with Gasteiger partial charge in [0, 0.05) is 11.6 Å². The summed E-state index contributed by atoms with van der Waals surface area (Å²) in [5.41, 5.74) is 0.455. The molecule has 1 atom stereocenters. The predicted octanol–water partition coefficient (Wildman–Crippen LogP) is 3.11. The van der Waals surface area contributed by atoms with Crippen LogP contribution in [0.5, 0.6) is 11.5 Å². The van der Waals surface area contributed by atoms with Crippen LogP contribution in [0.1, 0.15) is 30.9 Å². The largest absolute Gasteiger partial charge is 0.573 e. The molecule has 0 spiro atoms. The Hall–Kier alpha value is -1.43. The van der Waals surface area contributed by atoms with Gasteiger partial charge in [-0.2, -0.15) is 0 Å². The highest BCUT2D eigenvalue weighted by molar-refractivity contribution is 5.41. The van der Waals surface area contributed by atoms with Gasteiger partial charge in [-0.25, -0.2) is 0 Å². The molecular weight excluding hydrogens is 247 g/mol. The number of alkyl halides is 3. The Balaban J connectivity index is 2.20. The Morgan fingerprint density at radius 3 is 2.67 bits per heavy atom. The first kappa shape index (κ1) is 13.0. The van der Waals surface area contributed by atoms with Crippen LogP contribution in [0, 0.1) is 0 Å². The molecule has 18 heavy (non-hydrogen) atoms. The van der Waals surface area contributed by atoms with Crippen molar-refractivity contribution in [3.63, 3.8) is 0 Å². The monoisotopic (exact) mass is 261 g/mol. The van der Waals surface area contributed by atoms with E-state index in [2.05, 4.69) is 10.1 Å². The zero-order valence-electron chi connectivity index (χ0n) is 9.63. The zero-order chi connectivity index (χ0) is 13.2. The van der Waals surface area contributed by atoms with Crippen LogP contribution >= 0.6 is 0 Å². The minimum absolute atomic E-state index is 0.0103. The number of aromatic hydroxyl groups is 1. The van der Waals surface area contributed by atoms with E-state index in [1.807, 2.05) is 0 Å². The van der Waals surface area contributed by atoms with Crippen LogP contribution in [0.3, 0.4) is 0 Å². The molecule has 1 heterocycles. The molecule has 0 bridgehead atoms. The molecule has 1 aromatic rings. The van der Waals surface area contributed by atoms with Crippen LogP contribution < -0.4 is 10.1 Å². The first-order chi connectivity index (χ1) is 8.46. The van der Waals surface area contributed by atoms with E-state index in [-0.39, 0.29) is 17.5 Å². The van der Waals surface area contributed by atoms with Crippen molar-refractivity contribution in [2.75, 3.05) is 6.54 Å². The first-order valence-electron chi connectivity index (χ1n) is 5.78. The summed E-state index contributed by atoms with van der Waals surface area (Å²) in [4.78, 5) is 0. The van der Waals surface area contributed by atoms with Crippen LogP contribution in [-0.2, 0) is 0 Å². The number of rotatable bonds is 2. The van der Waals surface area contributed by atoms with Crippen LogP contribution in [0.25, 0.3) is 0 Å². The van der Waals surface area contributed by atoms with Gasteiger partial charge in [-0.3, -0.25) is 0 Å². The predicted molar refractivity (Wildman–Crippen MR) is 59.4 cm³/mol. The Morgan fingerprint density at radius 2 is 2.06 bits per heavy atom. The van der Waals surface area contributed by atoms with Gasteiger partial charge < -0.3 is 15.2 Å². The third-order valence-electron chi connectivity index (χ3n) is 2.92. The van der Waals surface area contributed by atoms with Crippen molar-refractivity contribution >= 4 is 0 Å². The number of hydrogen-bond donors (Lipinski definition) is 2. The lowest BCUT2D eigenvalue weighted by molar-refractivity contribution is -0.274. The molecule has 6 heteroatoms. The first-order valence-corrected chi connectivity index (χ1v) is 5.78. The Kier molecular flexibility index (Phi) is 3.65. The molecule has 1 aliphatic rings. The third kappa shape index (κ3) is 3.29. The van der Waals surface area contributed by atoms with Gasteiger partial charge in [-0.15, -0.1) is 13.2 Å². The second kappa shape index (κ2) is 5.06. The number of piperidine rings is 1. The quantitative estimate of drug-likeness (QED) is 0.859. The fraction of sp³-hybridized carbons (Fsp3) is 0.500. The standard InChI is InChI=1S/C12H14F3NO2/c13-12(14,15)18-8-4-5-11(17)9(7-8)10-3-1-2-6-16-10/h4-5,7,10,16-17H,1-3,6H2/t10-/m0/s1. The van der Waals surface area contributed by atoms with E-state index in [1.54, 1.807) is 0 Å². The molecule has 0 aromatic heterocycles. The van der Waals surface area contributed by atoms with E-state index in [1.165, 1.54) is 12.1 Å². The van der Waals surface area contributed by atoms with Crippen molar-refractivity contribution in [1.29, 1.82) is 0 Å². The summed E-state index contributed by atoms with van der Waals surface area (Å²) in [5, 5.41) is 12.9. The second-order valence-electron chi connectivity index (χ2n) is 4.27. The average Bonchev–Trinajstić information content (AvgIpc) is 2.31. The lowest BCUT2D eigenvalue weighted by atomic mass is 9.96. The lowest BCUT2D eigenvalue weighted by Crippen LogP contribution is -2.27. The summed E-state index contributed by atoms with van der Waals surface area (Å²) in [6, 6.07) is 3.46. The number of phenols is 1. The molecule has 0 saturated carbocycles. The van der Waals surface area contributed by atoms with E-state index < -0.39 is 6.36 Å². The SMILES string of the molecule is Oc1ccc(OC(F)(F)F)cc1[C@@H]1CCCCN1. The van der Waals surface area contributed by atoms with E-state index in [0.717, 1.165) is 31.9 Å². The van der Waals surface area contributed by atoms with Gasteiger partial charge in [0.25, 0.3) is 0 Å². The summed E-state index contributed by atoms with van der Waals surface area (Å²) < 4.78 is 40.2. The molecule has 1 saturated heterocycles. The number of ether oxygens (including phenoxy) is 1. The van der Waals surface area contributed by atoms with Crippen LogP contribution in [0.2, 0.25) is 0 Å². The minimum atomic E-state index is -4.71. The molecule has 2 rings (SSSR count). The van der Waals surface area contributed by atoms with Crippen LogP contribution in [0.15, 0.2) is 18.2 Å². The highest BCUT2D eigenvalue weighted by atomic mass is 19.4. The van der Waals surface area contributed by atoms with Crippen molar-refractivity contribution in [2.45, 2.75) is 31.7 Å². The summed E-state index contributed by atoms with van der Waals surface area (Å²) >= 11 is 0. The van der Waals surface area contributed by atoms with Crippen molar-refractivity contribution < 1.29 is 23.0 Å². The second-order valence-corrected chi connectivity index (χ2v) is 4.27. The van der Waals surface area contributed by atoms with Crippen LogP contribution in [0.4, 0.5) is 13.2 Å². The van der Waals surface area contributed by atoms with Crippen molar-refractivity contribution in [3.05, 3.63) is 23.8 Å². The maximum atomic E-state index is 12.1. The van der Waals surface area contributed by atoms with Gasteiger partial charge in [-0.05, 0) is 37.6 Å². The molecule has 1 aliphatic heterocycles. The van der Waals surface area contributed by atoms with Gasteiger partial charge in [0.05, 0.1) is 0 Å². The van der Waals surface area contributed by atoms with E-state index in [9.17, 15) is 18.3 Å². The van der Waals surface area contributed by atoms with Gasteiger partial charge in [0.2, 0.25) is 0 Å². The molecule has 0 amide bonds. The number of halogens is 3. The van der Waals surface area contributed by atoms with E-state index in [0.29, 0.717) is 5.56 Å². The fourth-order valence-electron chi connectivity index (χ4n) is 2.13. The Labute approximate surface area is 103 Å². The van der Waals surface area contributed by atoms with Gasteiger partial charge in [-0.1, -0.05) is 6.42 Å². The molecule has 1 aromatic carbocycles. The number of nitrogens with one attached hydrogen (secondary N) is 1. The molecule has 3 nitrogen and oxygen atoms in total. The normalized spacial score (nSPS) is 20.7. The molecule has 2 N–H and O–H groups in total. The fourth-order valence-corrected chi connectivity index (χ4v) is 2.13. The smallest absolute Gasteiger partial charge is 0.508 e. The zero-order valence-corrected chi connectivity index (χ0v) is 9.63. The molecule has 100 valence electrons. The summed E-state index contributed by atoms with van der Waals surface area (Å²) in [6.07, 6.45) is -1.89. The van der Waals surface area contributed by atoms with Gasteiger partial charge in [0.1, 0.15) is 11.5 Å². The summed E-state index contributed by atoms with van der Waals surface area (Å²) in [5.74, 6) is -0.313. The lowest BCUT2D eigenvalue weighted by Gasteiger charge is -2.25. The molecule has 1 fully saturated rings. The van der Waals surface area contributed by atoms with E-state index in [4.69, 9.17) is 0 Å². The Bertz CT molecular complexity index is 414. The van der Waals surface area contributed by atoms with Crippen LogP contribution in [-0.4, -0.2) is 18.0 Å².